The van der Waals surface area contributed by atoms with E-state index in [9.17, 15) is 9.50 Å². The molecule has 0 aliphatic carbocycles. The van der Waals surface area contributed by atoms with E-state index in [1.54, 1.807) is 19.1 Å². The summed E-state index contributed by atoms with van der Waals surface area (Å²) in [6.07, 6.45) is -0.793. The Morgan fingerprint density at radius 1 is 1.06 bits per heavy atom. The fourth-order valence-corrected chi connectivity index (χ4v) is 1.88. The highest BCUT2D eigenvalue weighted by Gasteiger charge is 2.11. The molecule has 0 saturated heterocycles. The molecule has 2 rings (SSSR count). The first kappa shape index (κ1) is 12.3. The minimum Gasteiger partial charge on any atom is -0.384 e. The van der Waals surface area contributed by atoms with Crippen molar-refractivity contribution in [2.75, 3.05) is 0 Å². The van der Waals surface area contributed by atoms with E-state index in [-0.39, 0.29) is 5.82 Å². The molecule has 0 spiro atoms. The number of aliphatic hydroxyl groups excluding tert-OH is 1. The first-order valence-electron chi connectivity index (χ1n) is 5.27. The highest BCUT2D eigenvalue weighted by Crippen LogP contribution is 2.24. The summed E-state index contributed by atoms with van der Waals surface area (Å²) < 4.78 is 14.3. The number of aryl methyl sites for hydroxylation is 1. The molecule has 0 heterocycles. The van der Waals surface area contributed by atoms with Crippen molar-refractivity contribution in [3.8, 4) is 0 Å². The highest BCUT2D eigenvalue weighted by molar-refractivity contribution is 9.10. The summed E-state index contributed by atoms with van der Waals surface area (Å²) in [5, 5.41) is 10.1. The summed E-state index contributed by atoms with van der Waals surface area (Å²) in [6, 6.07) is 12.1. The summed E-state index contributed by atoms with van der Waals surface area (Å²) in [7, 11) is 0. The van der Waals surface area contributed by atoms with Crippen molar-refractivity contribution in [2.45, 2.75) is 13.0 Å². The molecule has 0 radical (unpaired) electrons. The van der Waals surface area contributed by atoms with Crippen LogP contribution in [0.15, 0.2) is 46.9 Å². The lowest BCUT2D eigenvalue weighted by Crippen LogP contribution is -2.00. The third kappa shape index (κ3) is 2.73. The Balaban J connectivity index is 2.33. The number of rotatable bonds is 2. The van der Waals surface area contributed by atoms with E-state index < -0.39 is 6.10 Å². The zero-order chi connectivity index (χ0) is 12.4. The monoisotopic (exact) mass is 294 g/mol. The van der Waals surface area contributed by atoms with E-state index in [2.05, 4.69) is 15.9 Å². The summed E-state index contributed by atoms with van der Waals surface area (Å²) in [5.74, 6) is -0.293. The van der Waals surface area contributed by atoms with Gasteiger partial charge in [-0.25, -0.2) is 4.39 Å². The summed E-state index contributed by atoms with van der Waals surface area (Å²) >= 11 is 3.33. The van der Waals surface area contributed by atoms with Crippen LogP contribution in [-0.2, 0) is 0 Å². The molecule has 2 aromatic rings. The van der Waals surface area contributed by atoms with Gasteiger partial charge in [0.15, 0.2) is 0 Å². The lowest BCUT2D eigenvalue weighted by molar-refractivity contribution is 0.220. The van der Waals surface area contributed by atoms with Crippen molar-refractivity contribution in [3.63, 3.8) is 0 Å². The fraction of sp³-hybridized carbons (Fsp3) is 0.143. The Labute approximate surface area is 108 Å². The lowest BCUT2D eigenvalue weighted by atomic mass is 10.0. The summed E-state index contributed by atoms with van der Waals surface area (Å²) in [5.41, 5.74) is 1.89. The fourth-order valence-electron chi connectivity index (χ4n) is 1.62. The van der Waals surface area contributed by atoms with Gasteiger partial charge in [-0.05, 0) is 41.8 Å². The van der Waals surface area contributed by atoms with E-state index in [4.69, 9.17) is 0 Å². The molecular formula is C14H12BrFO. The predicted molar refractivity (Wildman–Crippen MR) is 69.3 cm³/mol. The van der Waals surface area contributed by atoms with Crippen LogP contribution in [0.2, 0.25) is 0 Å². The van der Waals surface area contributed by atoms with Gasteiger partial charge in [-0.1, -0.05) is 40.2 Å². The predicted octanol–water partition coefficient (Wildman–Crippen LogP) is 3.98. The van der Waals surface area contributed by atoms with E-state index in [1.807, 2.05) is 24.3 Å². The van der Waals surface area contributed by atoms with Crippen LogP contribution in [0.3, 0.4) is 0 Å². The molecule has 1 atom stereocenters. The molecule has 0 bridgehead atoms. The summed E-state index contributed by atoms with van der Waals surface area (Å²) in [6.45, 7) is 1.70. The van der Waals surface area contributed by atoms with Crippen molar-refractivity contribution in [3.05, 3.63) is 69.4 Å². The second-order valence-electron chi connectivity index (χ2n) is 3.96. The van der Waals surface area contributed by atoms with Crippen LogP contribution >= 0.6 is 15.9 Å². The largest absolute Gasteiger partial charge is 0.384 e. The van der Waals surface area contributed by atoms with E-state index in [0.29, 0.717) is 11.1 Å². The Bertz CT molecular complexity index is 522. The third-order valence-corrected chi connectivity index (χ3v) is 3.23. The first-order chi connectivity index (χ1) is 8.08. The van der Waals surface area contributed by atoms with Crippen molar-refractivity contribution in [2.24, 2.45) is 0 Å². The van der Waals surface area contributed by atoms with Crippen LogP contribution in [0.1, 0.15) is 22.8 Å². The Morgan fingerprint density at radius 2 is 1.65 bits per heavy atom. The van der Waals surface area contributed by atoms with Gasteiger partial charge in [0.25, 0.3) is 0 Å². The molecular weight excluding hydrogens is 283 g/mol. The van der Waals surface area contributed by atoms with Gasteiger partial charge >= 0.3 is 0 Å². The van der Waals surface area contributed by atoms with Crippen molar-refractivity contribution >= 4 is 15.9 Å². The van der Waals surface area contributed by atoms with Crippen LogP contribution in [0.25, 0.3) is 0 Å². The average molecular weight is 295 g/mol. The maximum absolute atomic E-state index is 13.4. The highest BCUT2D eigenvalue weighted by atomic mass is 79.9. The molecule has 88 valence electrons. The van der Waals surface area contributed by atoms with Gasteiger partial charge in [0.2, 0.25) is 0 Å². The zero-order valence-corrected chi connectivity index (χ0v) is 10.9. The number of benzene rings is 2. The first-order valence-corrected chi connectivity index (χ1v) is 6.07. The molecule has 0 aromatic heterocycles. The van der Waals surface area contributed by atoms with Gasteiger partial charge in [0.05, 0.1) is 0 Å². The molecule has 0 unspecified atom stereocenters. The van der Waals surface area contributed by atoms with Crippen LogP contribution in [0, 0.1) is 12.7 Å². The minimum absolute atomic E-state index is 0.293. The smallest absolute Gasteiger partial charge is 0.126 e. The topological polar surface area (TPSA) is 20.2 Å². The second kappa shape index (κ2) is 4.98. The van der Waals surface area contributed by atoms with Gasteiger partial charge in [0, 0.05) is 4.47 Å². The molecule has 0 amide bonds. The zero-order valence-electron chi connectivity index (χ0n) is 9.32. The Hall–Kier alpha value is -1.19. The number of aliphatic hydroxyl groups is 1. The Kier molecular flexibility index (Phi) is 3.60. The van der Waals surface area contributed by atoms with Crippen LogP contribution < -0.4 is 0 Å². The maximum Gasteiger partial charge on any atom is 0.126 e. The molecule has 0 aliphatic heterocycles. The number of hydrogen-bond acceptors (Lipinski definition) is 1. The van der Waals surface area contributed by atoms with Crippen LogP contribution in [0.4, 0.5) is 4.39 Å². The van der Waals surface area contributed by atoms with Gasteiger partial charge in [-0.3, -0.25) is 0 Å². The van der Waals surface area contributed by atoms with Crippen molar-refractivity contribution in [1.82, 2.24) is 0 Å². The lowest BCUT2D eigenvalue weighted by Gasteiger charge is -2.12. The van der Waals surface area contributed by atoms with Gasteiger partial charge in [0.1, 0.15) is 11.9 Å². The molecule has 0 saturated carbocycles. The molecule has 1 N–H and O–H groups in total. The summed E-state index contributed by atoms with van der Waals surface area (Å²) in [4.78, 5) is 0. The Morgan fingerprint density at radius 3 is 2.24 bits per heavy atom. The molecule has 1 nitrogen and oxygen atoms in total. The van der Waals surface area contributed by atoms with Crippen molar-refractivity contribution < 1.29 is 9.50 Å². The van der Waals surface area contributed by atoms with Gasteiger partial charge < -0.3 is 5.11 Å². The molecule has 2 aromatic carbocycles. The molecule has 3 heteroatoms. The van der Waals surface area contributed by atoms with E-state index in [0.717, 1.165) is 10.0 Å². The van der Waals surface area contributed by atoms with Crippen LogP contribution in [0.5, 0.6) is 0 Å². The third-order valence-electron chi connectivity index (χ3n) is 2.70. The number of halogens is 2. The minimum atomic E-state index is -0.793. The molecule has 17 heavy (non-hydrogen) atoms. The number of hydrogen-bond donors (Lipinski definition) is 1. The van der Waals surface area contributed by atoms with Crippen LogP contribution in [-0.4, -0.2) is 5.11 Å². The molecule has 0 fully saturated rings. The standard InChI is InChI=1S/C14H12BrFO/c1-9-2-3-11(8-13(9)16)14(17)10-4-6-12(15)7-5-10/h2-8,14,17H,1H3/t14-/m0/s1. The van der Waals surface area contributed by atoms with Gasteiger partial charge in [-0.2, -0.15) is 0 Å². The SMILES string of the molecule is Cc1ccc([C@@H](O)c2ccc(Br)cc2)cc1F. The normalized spacial score (nSPS) is 12.5. The van der Waals surface area contributed by atoms with Crippen molar-refractivity contribution in [1.29, 1.82) is 0 Å². The van der Waals surface area contributed by atoms with E-state index in [1.165, 1.54) is 6.07 Å². The molecule has 0 aliphatic rings. The maximum atomic E-state index is 13.4. The van der Waals surface area contributed by atoms with Gasteiger partial charge in [-0.15, -0.1) is 0 Å². The quantitative estimate of drug-likeness (QED) is 0.888. The average Bonchev–Trinajstić information content (AvgIpc) is 2.33. The second-order valence-corrected chi connectivity index (χ2v) is 4.88. The van der Waals surface area contributed by atoms with E-state index >= 15 is 0 Å².